The molecule has 0 saturated carbocycles. The Hall–Kier alpha value is -2.68. The van der Waals surface area contributed by atoms with Crippen LogP contribution in [0, 0.1) is 0 Å². The number of rotatable bonds is 0. The van der Waals surface area contributed by atoms with Crippen LogP contribution in [0.2, 0.25) is 0 Å². The van der Waals surface area contributed by atoms with Crippen LogP contribution in [-0.4, -0.2) is 5.16 Å². The van der Waals surface area contributed by atoms with Crippen molar-refractivity contribution in [1.29, 1.82) is 0 Å². The molecule has 0 aliphatic heterocycles. The fraction of sp³-hybridized carbons (Fsp3) is 0. The van der Waals surface area contributed by atoms with E-state index < -0.39 is 0 Å². The Kier molecular flexibility index (Phi) is 1.97. The molecule has 0 N–H and O–H groups in total. The van der Waals surface area contributed by atoms with Crippen molar-refractivity contribution in [3.05, 3.63) is 65.0 Å². The molecular weight excluding hydrogens is 238 g/mol. The summed E-state index contributed by atoms with van der Waals surface area (Å²) < 4.78 is 5.37. The van der Waals surface area contributed by atoms with E-state index in [1.165, 1.54) is 0 Å². The fourth-order valence-corrected chi connectivity index (χ4v) is 2.57. The maximum Gasteiger partial charge on any atom is 0.194 e. The molecule has 0 fully saturated rings. The van der Waals surface area contributed by atoms with E-state index in [0.717, 1.165) is 16.2 Å². The number of aromatic nitrogens is 1. The molecule has 0 amide bonds. The van der Waals surface area contributed by atoms with Gasteiger partial charge in [0.25, 0.3) is 0 Å². The van der Waals surface area contributed by atoms with Crippen molar-refractivity contribution >= 4 is 32.5 Å². The van der Waals surface area contributed by atoms with Crippen LogP contribution in [0.1, 0.15) is 0 Å². The highest BCUT2D eigenvalue weighted by atomic mass is 16.5. The van der Waals surface area contributed by atoms with Gasteiger partial charge in [0.15, 0.2) is 11.0 Å². The Morgan fingerprint density at radius 1 is 0.737 bits per heavy atom. The highest BCUT2D eigenvalue weighted by Gasteiger charge is 2.10. The Labute approximate surface area is 108 Å². The molecule has 3 heteroatoms. The molecule has 19 heavy (non-hydrogen) atoms. The third-order valence-electron chi connectivity index (χ3n) is 3.45. The largest absolute Gasteiger partial charge is 0.356 e. The average Bonchev–Trinajstić information content (AvgIpc) is 2.92. The summed E-state index contributed by atoms with van der Waals surface area (Å²) in [6.45, 7) is 0. The lowest BCUT2D eigenvalue weighted by molar-refractivity contribution is 0.458. The monoisotopic (exact) mass is 247 g/mol. The SMILES string of the molecule is O=c1c2ccccc2c2cnoc2c2ccccc12. The quantitative estimate of drug-likeness (QED) is 0.477. The first-order valence-electron chi connectivity index (χ1n) is 6.04. The summed E-state index contributed by atoms with van der Waals surface area (Å²) in [6.07, 6.45) is 1.67. The third kappa shape index (κ3) is 1.32. The van der Waals surface area contributed by atoms with E-state index in [2.05, 4.69) is 5.16 Å². The zero-order valence-corrected chi connectivity index (χ0v) is 9.96. The molecule has 0 aliphatic carbocycles. The lowest BCUT2D eigenvalue weighted by Gasteiger charge is -1.90. The Morgan fingerprint density at radius 3 is 2.05 bits per heavy atom. The number of fused-ring (bicyclic) bond motifs is 5. The van der Waals surface area contributed by atoms with E-state index >= 15 is 0 Å². The number of hydrogen-bond acceptors (Lipinski definition) is 3. The predicted octanol–water partition coefficient (Wildman–Crippen LogP) is 3.49. The molecule has 0 unspecified atom stereocenters. The minimum Gasteiger partial charge on any atom is -0.356 e. The molecule has 0 aliphatic rings. The lowest BCUT2D eigenvalue weighted by atomic mass is 10.1. The van der Waals surface area contributed by atoms with Gasteiger partial charge in [-0.1, -0.05) is 53.7 Å². The second kappa shape index (κ2) is 3.65. The molecule has 1 heterocycles. The lowest BCUT2D eigenvalue weighted by Crippen LogP contribution is -1.97. The Balaban J connectivity index is 2.55. The molecular formula is C16H9NO2. The second-order valence-electron chi connectivity index (χ2n) is 4.49. The van der Waals surface area contributed by atoms with Crippen molar-refractivity contribution in [3.63, 3.8) is 0 Å². The molecule has 0 atom stereocenters. The molecule has 0 spiro atoms. The van der Waals surface area contributed by atoms with Gasteiger partial charge in [0.2, 0.25) is 0 Å². The zero-order valence-electron chi connectivity index (χ0n) is 9.96. The maximum atomic E-state index is 12.6. The van der Waals surface area contributed by atoms with Gasteiger partial charge in [-0.2, -0.15) is 0 Å². The van der Waals surface area contributed by atoms with Crippen molar-refractivity contribution in [2.24, 2.45) is 0 Å². The molecule has 1 aromatic heterocycles. The van der Waals surface area contributed by atoms with Gasteiger partial charge in [-0.3, -0.25) is 4.79 Å². The summed E-state index contributed by atoms with van der Waals surface area (Å²) in [5, 5.41) is 7.78. The van der Waals surface area contributed by atoms with E-state index in [-0.39, 0.29) is 5.43 Å². The van der Waals surface area contributed by atoms with Crippen molar-refractivity contribution in [3.8, 4) is 0 Å². The molecule has 3 nitrogen and oxygen atoms in total. The topological polar surface area (TPSA) is 43.1 Å². The normalized spacial score (nSPS) is 11.4. The molecule has 0 bridgehead atoms. The van der Waals surface area contributed by atoms with Crippen LogP contribution in [-0.2, 0) is 0 Å². The van der Waals surface area contributed by atoms with Gasteiger partial charge in [-0.15, -0.1) is 0 Å². The number of nitrogens with zero attached hydrogens (tertiary/aromatic N) is 1. The second-order valence-corrected chi connectivity index (χ2v) is 4.49. The molecule has 0 radical (unpaired) electrons. The fourth-order valence-electron chi connectivity index (χ4n) is 2.57. The van der Waals surface area contributed by atoms with Crippen LogP contribution >= 0.6 is 0 Å². The summed E-state index contributed by atoms with van der Waals surface area (Å²) in [4.78, 5) is 12.6. The van der Waals surface area contributed by atoms with Crippen molar-refractivity contribution in [1.82, 2.24) is 5.16 Å². The van der Waals surface area contributed by atoms with E-state index in [9.17, 15) is 4.79 Å². The first-order valence-corrected chi connectivity index (χ1v) is 6.04. The zero-order chi connectivity index (χ0) is 12.8. The van der Waals surface area contributed by atoms with Crippen LogP contribution in [0.5, 0.6) is 0 Å². The molecule has 3 aromatic carbocycles. The smallest absolute Gasteiger partial charge is 0.194 e. The van der Waals surface area contributed by atoms with E-state index in [4.69, 9.17) is 4.52 Å². The van der Waals surface area contributed by atoms with Crippen LogP contribution in [0.15, 0.2) is 64.0 Å². The summed E-state index contributed by atoms with van der Waals surface area (Å²) in [6, 6.07) is 15.0. The highest BCUT2D eigenvalue weighted by Crippen LogP contribution is 2.27. The minimum absolute atomic E-state index is 0.0256. The predicted molar refractivity (Wildman–Crippen MR) is 75.3 cm³/mol. The summed E-state index contributed by atoms with van der Waals surface area (Å²) >= 11 is 0. The average molecular weight is 247 g/mol. The highest BCUT2D eigenvalue weighted by molar-refractivity contribution is 6.14. The van der Waals surface area contributed by atoms with E-state index in [1.807, 2.05) is 48.5 Å². The van der Waals surface area contributed by atoms with Gasteiger partial charge in [-0.25, -0.2) is 0 Å². The summed E-state index contributed by atoms with van der Waals surface area (Å²) in [7, 11) is 0. The minimum atomic E-state index is 0.0256. The van der Waals surface area contributed by atoms with E-state index in [1.54, 1.807) is 6.20 Å². The molecule has 4 rings (SSSR count). The third-order valence-corrected chi connectivity index (χ3v) is 3.45. The first kappa shape index (κ1) is 10.3. The van der Waals surface area contributed by atoms with Crippen molar-refractivity contribution < 1.29 is 4.52 Å². The van der Waals surface area contributed by atoms with Gasteiger partial charge in [0.05, 0.1) is 11.6 Å². The number of benzene rings is 2. The Bertz CT molecular complexity index is 909. The van der Waals surface area contributed by atoms with Gasteiger partial charge in [0.1, 0.15) is 0 Å². The van der Waals surface area contributed by atoms with Gasteiger partial charge in [0, 0.05) is 16.2 Å². The van der Waals surface area contributed by atoms with Gasteiger partial charge in [-0.05, 0) is 5.39 Å². The Morgan fingerprint density at radius 2 is 1.32 bits per heavy atom. The first-order chi connectivity index (χ1) is 9.36. The van der Waals surface area contributed by atoms with Gasteiger partial charge >= 0.3 is 0 Å². The van der Waals surface area contributed by atoms with Crippen LogP contribution in [0.4, 0.5) is 0 Å². The molecule has 4 aromatic rings. The molecule has 0 saturated heterocycles. The standard InChI is InChI=1S/C16H9NO2/c18-15-11-6-2-1-5-10(11)14-9-17-19-16(14)13-8-4-3-7-12(13)15/h1-9H. The van der Waals surface area contributed by atoms with Crippen molar-refractivity contribution in [2.75, 3.05) is 0 Å². The van der Waals surface area contributed by atoms with E-state index in [0.29, 0.717) is 16.4 Å². The molecule has 90 valence electrons. The van der Waals surface area contributed by atoms with Gasteiger partial charge < -0.3 is 4.52 Å². The van der Waals surface area contributed by atoms with Crippen LogP contribution in [0.3, 0.4) is 0 Å². The van der Waals surface area contributed by atoms with Crippen LogP contribution < -0.4 is 5.43 Å². The maximum absolute atomic E-state index is 12.6. The van der Waals surface area contributed by atoms with Crippen molar-refractivity contribution in [2.45, 2.75) is 0 Å². The summed E-state index contributed by atoms with van der Waals surface area (Å²) in [5.74, 6) is 0. The van der Waals surface area contributed by atoms with Crippen LogP contribution in [0.25, 0.3) is 32.5 Å². The number of hydrogen-bond donors (Lipinski definition) is 0. The summed E-state index contributed by atoms with van der Waals surface area (Å²) in [5.41, 5.74) is 0.687.